The summed E-state index contributed by atoms with van der Waals surface area (Å²) in [6, 6.07) is 6.56. The van der Waals surface area contributed by atoms with Gasteiger partial charge in [0.2, 0.25) is 0 Å². The molecule has 22 heavy (non-hydrogen) atoms. The van der Waals surface area contributed by atoms with E-state index in [1.807, 2.05) is 0 Å². The van der Waals surface area contributed by atoms with Crippen LogP contribution in [0, 0.1) is 0 Å². The smallest absolute Gasteiger partial charge is 0.475 e. The molecule has 0 amide bonds. The van der Waals surface area contributed by atoms with Gasteiger partial charge in [-0.15, -0.1) is 0 Å². The van der Waals surface area contributed by atoms with Crippen molar-refractivity contribution in [2.75, 3.05) is 13.7 Å². The summed E-state index contributed by atoms with van der Waals surface area (Å²) in [6.07, 6.45) is -0.693. The van der Waals surface area contributed by atoms with Gasteiger partial charge in [0.1, 0.15) is 12.4 Å². The van der Waals surface area contributed by atoms with E-state index in [4.69, 9.17) is 18.3 Å². The maximum absolute atomic E-state index is 12.4. The van der Waals surface area contributed by atoms with E-state index in [0.717, 1.165) is 0 Å². The number of phosphoric ester groups is 1. The van der Waals surface area contributed by atoms with Crippen molar-refractivity contribution in [1.82, 2.24) is 0 Å². The molecule has 0 aliphatic carbocycles. The maximum Gasteiger partial charge on any atom is 0.475 e. The first-order valence-corrected chi connectivity index (χ1v) is 8.50. The number of benzene rings is 1. The van der Waals surface area contributed by atoms with Crippen molar-refractivity contribution in [3.05, 3.63) is 29.8 Å². The highest BCUT2D eigenvalue weighted by atomic mass is 31.2. The molecule has 7 heteroatoms. The van der Waals surface area contributed by atoms with Crippen LogP contribution in [0.4, 0.5) is 0 Å². The summed E-state index contributed by atoms with van der Waals surface area (Å²) in [5, 5.41) is 0. The van der Waals surface area contributed by atoms with Gasteiger partial charge in [-0.25, -0.2) is 4.57 Å². The van der Waals surface area contributed by atoms with Crippen LogP contribution in [-0.2, 0) is 18.1 Å². The molecule has 0 aromatic heterocycles. The number of Topliss-reactive ketones (excluding diaryl/α,β-unsaturated/α-hetero) is 1. The Morgan fingerprint density at radius 2 is 1.55 bits per heavy atom. The van der Waals surface area contributed by atoms with E-state index in [0.29, 0.717) is 11.3 Å². The van der Waals surface area contributed by atoms with Gasteiger partial charge in [0.25, 0.3) is 0 Å². The Labute approximate surface area is 131 Å². The Balaban J connectivity index is 2.70. The van der Waals surface area contributed by atoms with Crippen molar-refractivity contribution in [3.63, 3.8) is 0 Å². The van der Waals surface area contributed by atoms with Crippen LogP contribution in [0.5, 0.6) is 5.75 Å². The number of hydrogen-bond donors (Lipinski definition) is 0. The Morgan fingerprint density at radius 1 is 1.05 bits per heavy atom. The minimum atomic E-state index is -3.77. The van der Waals surface area contributed by atoms with Crippen LogP contribution in [-0.4, -0.2) is 31.7 Å². The lowest BCUT2D eigenvalue weighted by Gasteiger charge is -2.21. The first-order chi connectivity index (χ1) is 10.3. The molecule has 0 atom stereocenters. The highest BCUT2D eigenvalue weighted by molar-refractivity contribution is 7.48. The molecule has 0 bridgehead atoms. The summed E-state index contributed by atoms with van der Waals surface area (Å²) in [4.78, 5) is 12.1. The minimum absolute atomic E-state index is 0.317. The zero-order valence-electron chi connectivity index (χ0n) is 13.6. The van der Waals surface area contributed by atoms with E-state index in [2.05, 4.69) is 0 Å². The summed E-state index contributed by atoms with van der Waals surface area (Å²) < 4.78 is 33.0. The lowest BCUT2D eigenvalue weighted by Crippen LogP contribution is -2.14. The summed E-state index contributed by atoms with van der Waals surface area (Å²) >= 11 is 0. The largest absolute Gasteiger partial charge is 0.497 e. The zero-order valence-corrected chi connectivity index (χ0v) is 14.5. The van der Waals surface area contributed by atoms with Gasteiger partial charge in [0, 0.05) is 5.56 Å². The van der Waals surface area contributed by atoms with Gasteiger partial charge in [-0.2, -0.15) is 0 Å². The van der Waals surface area contributed by atoms with Crippen LogP contribution in [0.1, 0.15) is 38.1 Å². The number of rotatable bonds is 9. The second-order valence-corrected chi connectivity index (χ2v) is 6.75. The summed E-state index contributed by atoms with van der Waals surface area (Å²) in [7, 11) is -2.22. The molecule has 0 saturated carbocycles. The van der Waals surface area contributed by atoms with Crippen LogP contribution >= 0.6 is 7.82 Å². The second-order valence-electron chi connectivity index (χ2n) is 5.18. The van der Waals surface area contributed by atoms with E-state index in [-0.39, 0.29) is 24.6 Å². The molecule has 0 heterocycles. The molecule has 0 saturated heterocycles. The van der Waals surface area contributed by atoms with Crippen molar-refractivity contribution in [2.45, 2.75) is 39.9 Å². The number of carbonyl (C=O) groups is 1. The van der Waals surface area contributed by atoms with Gasteiger partial charge in [0.15, 0.2) is 5.78 Å². The van der Waals surface area contributed by atoms with E-state index >= 15 is 0 Å². The first-order valence-electron chi connectivity index (χ1n) is 7.04. The van der Waals surface area contributed by atoms with Gasteiger partial charge in [-0.1, -0.05) is 0 Å². The summed E-state index contributed by atoms with van der Waals surface area (Å²) in [6.45, 7) is 6.47. The van der Waals surface area contributed by atoms with Crippen LogP contribution in [0.15, 0.2) is 24.3 Å². The highest BCUT2D eigenvalue weighted by Gasteiger charge is 2.30. The fraction of sp³-hybridized carbons (Fsp3) is 0.533. The fourth-order valence-corrected chi connectivity index (χ4v) is 3.08. The number of methoxy groups -OCH3 is 1. The van der Waals surface area contributed by atoms with Crippen molar-refractivity contribution < 1.29 is 27.7 Å². The number of carbonyl (C=O) groups excluding carboxylic acids is 1. The molecule has 1 aromatic carbocycles. The van der Waals surface area contributed by atoms with Gasteiger partial charge >= 0.3 is 7.82 Å². The third-order valence-corrected chi connectivity index (χ3v) is 4.25. The van der Waals surface area contributed by atoms with Gasteiger partial charge < -0.3 is 4.74 Å². The summed E-state index contributed by atoms with van der Waals surface area (Å²) in [5.74, 6) is 0.331. The normalized spacial score (nSPS) is 12.0. The molecule has 1 rings (SSSR count). The molecule has 0 spiro atoms. The monoisotopic (exact) mass is 330 g/mol. The van der Waals surface area contributed by atoms with Gasteiger partial charge in [0.05, 0.1) is 19.3 Å². The average Bonchev–Trinajstić information content (AvgIpc) is 2.43. The molecular formula is C15H23O6P. The van der Waals surface area contributed by atoms with Crippen molar-refractivity contribution in [2.24, 2.45) is 0 Å². The zero-order chi connectivity index (χ0) is 16.8. The third kappa shape index (κ3) is 6.28. The predicted octanol–water partition coefficient (Wildman–Crippen LogP) is 3.85. The van der Waals surface area contributed by atoms with Crippen molar-refractivity contribution in [1.29, 1.82) is 0 Å². The predicted molar refractivity (Wildman–Crippen MR) is 83.3 cm³/mol. The second kappa shape index (κ2) is 8.44. The highest BCUT2D eigenvalue weighted by Crippen LogP contribution is 2.51. The maximum atomic E-state index is 12.4. The molecule has 0 N–H and O–H groups in total. The number of hydrogen-bond acceptors (Lipinski definition) is 6. The average molecular weight is 330 g/mol. The first kappa shape index (κ1) is 18.8. The SMILES string of the molecule is COc1ccc(C(=O)COP(=O)(OC(C)C)OC(C)C)cc1. The molecule has 124 valence electrons. The van der Waals surface area contributed by atoms with Gasteiger partial charge in [-0.3, -0.25) is 18.4 Å². The number of ether oxygens (including phenoxy) is 1. The van der Waals surface area contributed by atoms with E-state index < -0.39 is 7.82 Å². The van der Waals surface area contributed by atoms with Crippen molar-refractivity contribution in [3.8, 4) is 5.75 Å². The Morgan fingerprint density at radius 3 is 1.95 bits per heavy atom. The number of ketones is 1. The fourth-order valence-electron chi connectivity index (χ4n) is 1.60. The standard InChI is InChI=1S/C15H23O6P/c1-11(2)20-22(17,21-12(3)4)19-10-15(16)13-6-8-14(18-5)9-7-13/h6-9,11-12H,10H2,1-5H3. The molecular weight excluding hydrogens is 307 g/mol. The Hall–Kier alpha value is -1.20. The van der Waals surface area contributed by atoms with Crippen molar-refractivity contribution >= 4 is 13.6 Å². The van der Waals surface area contributed by atoms with Crippen LogP contribution in [0.3, 0.4) is 0 Å². The minimum Gasteiger partial charge on any atom is -0.497 e. The summed E-state index contributed by atoms with van der Waals surface area (Å²) in [5.41, 5.74) is 0.432. The van der Waals surface area contributed by atoms with E-state index in [1.165, 1.54) is 0 Å². The molecule has 1 aromatic rings. The molecule has 0 radical (unpaired) electrons. The molecule has 0 aliphatic heterocycles. The Bertz CT molecular complexity index is 509. The van der Waals surface area contributed by atoms with Crippen LogP contribution in [0.25, 0.3) is 0 Å². The molecule has 0 aliphatic rings. The van der Waals surface area contributed by atoms with E-state index in [9.17, 15) is 9.36 Å². The molecule has 6 nitrogen and oxygen atoms in total. The number of phosphoric acid groups is 1. The topological polar surface area (TPSA) is 71.1 Å². The lowest BCUT2D eigenvalue weighted by atomic mass is 10.1. The third-order valence-electron chi connectivity index (χ3n) is 2.45. The lowest BCUT2D eigenvalue weighted by molar-refractivity contribution is 0.0630. The van der Waals surface area contributed by atoms with Gasteiger partial charge in [-0.05, 0) is 52.0 Å². The molecule has 0 unspecified atom stereocenters. The van der Waals surface area contributed by atoms with Crippen LogP contribution < -0.4 is 4.74 Å². The van der Waals surface area contributed by atoms with E-state index in [1.54, 1.807) is 59.1 Å². The van der Waals surface area contributed by atoms with Crippen LogP contribution in [0.2, 0.25) is 0 Å². The molecule has 0 fully saturated rings. The Kier molecular flexibility index (Phi) is 7.23. The quantitative estimate of drug-likeness (QED) is 0.506.